The summed E-state index contributed by atoms with van der Waals surface area (Å²) in [4.78, 5) is 12.9. The molecule has 16 heavy (non-hydrogen) atoms. The molecular formula is C13H21NOS. The maximum Gasteiger partial charge on any atom is 0.262 e. The monoisotopic (exact) mass is 239 g/mol. The fourth-order valence-electron chi connectivity index (χ4n) is 1.86. The van der Waals surface area contributed by atoms with Crippen LogP contribution in [-0.4, -0.2) is 11.4 Å². The lowest BCUT2D eigenvalue weighted by molar-refractivity contribution is 0.0912. The molecule has 0 saturated heterocycles. The van der Waals surface area contributed by atoms with Gasteiger partial charge in [0.25, 0.3) is 5.91 Å². The van der Waals surface area contributed by atoms with Crippen LogP contribution in [0.1, 0.15) is 55.8 Å². The summed E-state index contributed by atoms with van der Waals surface area (Å²) in [6, 6.07) is 2.03. The second-order valence-corrected chi connectivity index (χ2v) is 5.63. The van der Waals surface area contributed by atoms with E-state index in [1.165, 1.54) is 11.3 Å². The van der Waals surface area contributed by atoms with Crippen molar-refractivity contribution in [1.82, 2.24) is 5.32 Å². The normalized spacial score (nSPS) is 11.5. The standard InChI is InChI=1S/C13H21NOS/c1-5-8-13(3,4)14-12(15)11-10(6-2)7-9-16-11/h7,9H,5-6,8H2,1-4H3,(H,14,15). The summed E-state index contributed by atoms with van der Waals surface area (Å²) in [5, 5.41) is 5.09. The summed E-state index contributed by atoms with van der Waals surface area (Å²) in [5.41, 5.74) is 1.04. The van der Waals surface area contributed by atoms with Crippen LogP contribution in [0.5, 0.6) is 0 Å². The molecule has 1 amide bonds. The Hall–Kier alpha value is -0.830. The van der Waals surface area contributed by atoms with Crippen molar-refractivity contribution in [1.29, 1.82) is 0 Å². The van der Waals surface area contributed by atoms with E-state index in [9.17, 15) is 4.79 Å². The maximum atomic E-state index is 12.1. The Kier molecular flexibility index (Phi) is 4.54. The number of nitrogens with one attached hydrogen (secondary N) is 1. The average molecular weight is 239 g/mol. The fourth-order valence-corrected chi connectivity index (χ4v) is 2.76. The Morgan fingerprint density at radius 2 is 2.12 bits per heavy atom. The molecule has 0 aliphatic carbocycles. The van der Waals surface area contributed by atoms with E-state index in [1.807, 2.05) is 11.4 Å². The Balaban J connectivity index is 2.72. The second-order valence-electron chi connectivity index (χ2n) is 4.72. The van der Waals surface area contributed by atoms with Gasteiger partial charge in [0.15, 0.2) is 0 Å². The van der Waals surface area contributed by atoms with Crippen LogP contribution in [0.3, 0.4) is 0 Å². The van der Waals surface area contributed by atoms with Crippen LogP contribution in [0, 0.1) is 0 Å². The molecule has 1 heterocycles. The van der Waals surface area contributed by atoms with Crippen LogP contribution in [-0.2, 0) is 6.42 Å². The van der Waals surface area contributed by atoms with Crippen LogP contribution in [0.15, 0.2) is 11.4 Å². The Labute approximate surface area is 102 Å². The van der Waals surface area contributed by atoms with Gasteiger partial charge >= 0.3 is 0 Å². The largest absolute Gasteiger partial charge is 0.346 e. The van der Waals surface area contributed by atoms with Crippen LogP contribution in [0.2, 0.25) is 0 Å². The molecule has 0 aliphatic heterocycles. The lowest BCUT2D eigenvalue weighted by Gasteiger charge is -2.25. The van der Waals surface area contributed by atoms with Gasteiger partial charge in [-0.1, -0.05) is 20.3 Å². The minimum absolute atomic E-state index is 0.0744. The van der Waals surface area contributed by atoms with Gasteiger partial charge in [-0.05, 0) is 43.7 Å². The SMILES string of the molecule is CCCC(C)(C)NC(=O)c1sccc1CC. The van der Waals surface area contributed by atoms with Gasteiger partial charge in [0.1, 0.15) is 0 Å². The second kappa shape index (κ2) is 5.48. The van der Waals surface area contributed by atoms with Gasteiger partial charge in [-0.15, -0.1) is 11.3 Å². The van der Waals surface area contributed by atoms with Gasteiger partial charge in [-0.2, -0.15) is 0 Å². The topological polar surface area (TPSA) is 29.1 Å². The molecule has 0 unspecified atom stereocenters. The molecule has 1 aromatic rings. The summed E-state index contributed by atoms with van der Waals surface area (Å²) in [7, 11) is 0. The number of thiophene rings is 1. The van der Waals surface area contributed by atoms with Gasteiger partial charge in [0, 0.05) is 5.54 Å². The summed E-state index contributed by atoms with van der Waals surface area (Å²) in [6.45, 7) is 8.37. The molecule has 1 N–H and O–H groups in total. The van der Waals surface area contributed by atoms with Gasteiger partial charge in [0.2, 0.25) is 0 Å². The van der Waals surface area contributed by atoms with Crippen molar-refractivity contribution in [3.63, 3.8) is 0 Å². The number of carbonyl (C=O) groups is 1. The molecule has 0 bridgehead atoms. The molecule has 90 valence electrons. The predicted octanol–water partition coefficient (Wildman–Crippen LogP) is 3.62. The first-order chi connectivity index (χ1) is 7.50. The lowest BCUT2D eigenvalue weighted by atomic mass is 9.98. The summed E-state index contributed by atoms with van der Waals surface area (Å²) in [5.74, 6) is 0.0744. The number of rotatable bonds is 5. The van der Waals surface area contributed by atoms with E-state index in [4.69, 9.17) is 0 Å². The van der Waals surface area contributed by atoms with E-state index in [2.05, 4.69) is 33.0 Å². The molecule has 0 aliphatic rings. The highest BCUT2D eigenvalue weighted by atomic mass is 32.1. The predicted molar refractivity (Wildman–Crippen MR) is 70.2 cm³/mol. The van der Waals surface area contributed by atoms with Crippen molar-refractivity contribution in [2.24, 2.45) is 0 Å². The fraction of sp³-hybridized carbons (Fsp3) is 0.615. The molecule has 0 spiro atoms. The minimum atomic E-state index is -0.110. The van der Waals surface area contributed by atoms with Crippen LogP contribution >= 0.6 is 11.3 Å². The zero-order valence-corrected chi connectivity index (χ0v) is 11.4. The molecule has 0 radical (unpaired) electrons. The van der Waals surface area contributed by atoms with Gasteiger partial charge < -0.3 is 5.32 Å². The van der Waals surface area contributed by atoms with E-state index >= 15 is 0 Å². The molecule has 3 heteroatoms. The minimum Gasteiger partial charge on any atom is -0.346 e. The zero-order chi connectivity index (χ0) is 12.2. The first-order valence-electron chi connectivity index (χ1n) is 5.89. The number of hydrogen-bond donors (Lipinski definition) is 1. The van der Waals surface area contributed by atoms with Crippen molar-refractivity contribution in [2.75, 3.05) is 0 Å². The molecule has 0 aromatic carbocycles. The van der Waals surface area contributed by atoms with E-state index in [0.717, 1.165) is 29.7 Å². The molecule has 0 fully saturated rings. The van der Waals surface area contributed by atoms with Crippen molar-refractivity contribution in [3.8, 4) is 0 Å². The Morgan fingerprint density at radius 1 is 1.44 bits per heavy atom. The third-order valence-electron chi connectivity index (χ3n) is 2.66. The van der Waals surface area contributed by atoms with Crippen molar-refractivity contribution >= 4 is 17.2 Å². The molecule has 1 aromatic heterocycles. The quantitative estimate of drug-likeness (QED) is 0.835. The van der Waals surface area contributed by atoms with Gasteiger partial charge in [-0.25, -0.2) is 0 Å². The lowest BCUT2D eigenvalue weighted by Crippen LogP contribution is -2.43. The average Bonchev–Trinajstić information content (AvgIpc) is 2.64. The van der Waals surface area contributed by atoms with E-state index in [-0.39, 0.29) is 11.4 Å². The summed E-state index contributed by atoms with van der Waals surface area (Å²) >= 11 is 1.53. The smallest absolute Gasteiger partial charge is 0.262 e. The van der Waals surface area contributed by atoms with Gasteiger partial charge in [-0.3, -0.25) is 4.79 Å². The first kappa shape index (κ1) is 13.2. The van der Waals surface area contributed by atoms with E-state index in [1.54, 1.807) is 0 Å². The molecule has 0 atom stereocenters. The summed E-state index contributed by atoms with van der Waals surface area (Å²) in [6.07, 6.45) is 3.00. The third-order valence-corrected chi connectivity index (χ3v) is 3.62. The zero-order valence-electron chi connectivity index (χ0n) is 10.6. The highest BCUT2D eigenvalue weighted by molar-refractivity contribution is 7.12. The molecular weight excluding hydrogens is 218 g/mol. The van der Waals surface area contributed by atoms with Crippen LogP contribution < -0.4 is 5.32 Å². The van der Waals surface area contributed by atoms with Crippen LogP contribution in [0.25, 0.3) is 0 Å². The van der Waals surface area contributed by atoms with Crippen LogP contribution in [0.4, 0.5) is 0 Å². The number of amides is 1. The number of aryl methyl sites for hydroxylation is 1. The first-order valence-corrected chi connectivity index (χ1v) is 6.77. The number of carbonyl (C=O) groups excluding carboxylic acids is 1. The Bertz CT molecular complexity index is 355. The van der Waals surface area contributed by atoms with Crippen molar-refractivity contribution in [3.05, 3.63) is 21.9 Å². The highest BCUT2D eigenvalue weighted by Gasteiger charge is 2.21. The van der Waals surface area contributed by atoms with Crippen molar-refractivity contribution < 1.29 is 4.79 Å². The highest BCUT2D eigenvalue weighted by Crippen LogP contribution is 2.19. The Morgan fingerprint density at radius 3 is 2.69 bits per heavy atom. The van der Waals surface area contributed by atoms with Gasteiger partial charge in [0.05, 0.1) is 4.88 Å². The van der Waals surface area contributed by atoms with E-state index < -0.39 is 0 Å². The third kappa shape index (κ3) is 3.34. The molecule has 2 nitrogen and oxygen atoms in total. The van der Waals surface area contributed by atoms with Crippen molar-refractivity contribution in [2.45, 2.75) is 52.5 Å². The van der Waals surface area contributed by atoms with E-state index in [0.29, 0.717) is 0 Å². The maximum absolute atomic E-state index is 12.1. The molecule has 0 saturated carbocycles. The summed E-state index contributed by atoms with van der Waals surface area (Å²) < 4.78 is 0. The molecule has 1 rings (SSSR count). The number of hydrogen-bond acceptors (Lipinski definition) is 2.